The van der Waals surface area contributed by atoms with E-state index in [0.29, 0.717) is 6.61 Å². The van der Waals surface area contributed by atoms with E-state index in [1.807, 2.05) is 54.7 Å². The first-order valence-corrected chi connectivity index (χ1v) is 6.61. The Morgan fingerprint density at radius 1 is 1.10 bits per heavy atom. The van der Waals surface area contributed by atoms with Crippen molar-refractivity contribution in [3.63, 3.8) is 0 Å². The number of fused-ring (bicyclic) bond motifs is 1. The first kappa shape index (κ1) is 12.9. The van der Waals surface area contributed by atoms with E-state index in [9.17, 15) is 5.11 Å². The average Bonchev–Trinajstić information content (AvgIpc) is 2.94. The maximum Gasteiger partial charge on any atom is 0.104 e. The largest absolute Gasteiger partial charge is 0.384 e. The summed E-state index contributed by atoms with van der Waals surface area (Å²) in [4.78, 5) is 3.15. The first-order chi connectivity index (χ1) is 9.78. The van der Waals surface area contributed by atoms with Gasteiger partial charge in [-0.05, 0) is 40.3 Å². The predicted octanol–water partition coefficient (Wildman–Crippen LogP) is 3.40. The summed E-state index contributed by atoms with van der Waals surface area (Å²) in [5.41, 5.74) is 3.92. The summed E-state index contributed by atoms with van der Waals surface area (Å²) < 4.78 is 5.13. The van der Waals surface area contributed by atoms with Gasteiger partial charge in [-0.1, -0.05) is 30.3 Å². The molecule has 1 aromatic heterocycles. The summed E-state index contributed by atoms with van der Waals surface area (Å²) >= 11 is 0. The lowest BCUT2D eigenvalue weighted by Gasteiger charge is -2.13. The zero-order valence-electron chi connectivity index (χ0n) is 11.3. The normalized spacial score (nSPS) is 12.7. The van der Waals surface area contributed by atoms with Gasteiger partial charge in [0.2, 0.25) is 0 Å². The molecule has 3 rings (SSSR count). The van der Waals surface area contributed by atoms with Gasteiger partial charge < -0.3 is 14.8 Å². The van der Waals surface area contributed by atoms with Gasteiger partial charge in [-0.25, -0.2) is 0 Å². The van der Waals surface area contributed by atoms with Crippen LogP contribution in [0.4, 0.5) is 0 Å². The highest BCUT2D eigenvalue weighted by molar-refractivity contribution is 5.80. The van der Waals surface area contributed by atoms with E-state index in [1.165, 1.54) is 0 Å². The Kier molecular flexibility index (Phi) is 3.54. The van der Waals surface area contributed by atoms with E-state index in [4.69, 9.17) is 4.74 Å². The summed E-state index contributed by atoms with van der Waals surface area (Å²) in [6, 6.07) is 15.8. The van der Waals surface area contributed by atoms with Gasteiger partial charge in [0, 0.05) is 18.8 Å². The average molecular weight is 267 g/mol. The fraction of sp³-hybridized carbons (Fsp3) is 0.176. The molecule has 20 heavy (non-hydrogen) atoms. The minimum Gasteiger partial charge on any atom is -0.384 e. The van der Waals surface area contributed by atoms with E-state index >= 15 is 0 Å². The van der Waals surface area contributed by atoms with Crippen LogP contribution in [0, 0.1) is 0 Å². The fourth-order valence-electron chi connectivity index (χ4n) is 2.45. The molecule has 1 heterocycles. The smallest absolute Gasteiger partial charge is 0.104 e. The Balaban J connectivity index is 1.94. The summed E-state index contributed by atoms with van der Waals surface area (Å²) in [7, 11) is 1.67. The molecule has 3 nitrogen and oxygen atoms in total. The number of H-pyrrole nitrogens is 1. The molecule has 0 amide bonds. The third-order valence-corrected chi connectivity index (χ3v) is 3.47. The Bertz CT molecular complexity index is 718. The SMILES string of the molecule is COCc1cccc(C(O)c2ccc3[nH]ccc3c2)c1. The zero-order chi connectivity index (χ0) is 13.9. The summed E-state index contributed by atoms with van der Waals surface area (Å²) in [5.74, 6) is 0. The topological polar surface area (TPSA) is 45.2 Å². The van der Waals surface area contributed by atoms with Crippen LogP contribution < -0.4 is 0 Å². The molecule has 0 aliphatic heterocycles. The third kappa shape index (κ3) is 2.46. The molecule has 0 spiro atoms. The standard InChI is InChI=1S/C17H17NO2/c1-20-11-12-3-2-4-14(9-12)17(19)15-5-6-16-13(10-15)7-8-18-16/h2-10,17-19H,11H2,1H3. The number of ether oxygens (including phenoxy) is 1. The van der Waals surface area contributed by atoms with Crippen molar-refractivity contribution in [1.29, 1.82) is 0 Å². The molecule has 1 unspecified atom stereocenters. The zero-order valence-corrected chi connectivity index (χ0v) is 11.3. The molecule has 3 heteroatoms. The molecule has 1 atom stereocenters. The number of hydrogen-bond acceptors (Lipinski definition) is 2. The van der Waals surface area contributed by atoms with Gasteiger partial charge in [-0.3, -0.25) is 0 Å². The second-order valence-electron chi connectivity index (χ2n) is 4.90. The van der Waals surface area contributed by atoms with Crippen LogP contribution in [0.3, 0.4) is 0 Å². The lowest BCUT2D eigenvalue weighted by molar-refractivity contribution is 0.184. The van der Waals surface area contributed by atoms with Crippen LogP contribution in [-0.2, 0) is 11.3 Å². The number of rotatable bonds is 4. The number of aliphatic hydroxyl groups excluding tert-OH is 1. The van der Waals surface area contributed by atoms with Gasteiger partial charge in [-0.2, -0.15) is 0 Å². The lowest BCUT2D eigenvalue weighted by atomic mass is 9.99. The molecule has 0 radical (unpaired) electrons. The van der Waals surface area contributed by atoms with Crippen LogP contribution in [0.5, 0.6) is 0 Å². The summed E-state index contributed by atoms with van der Waals surface area (Å²) in [5, 5.41) is 11.6. The maximum absolute atomic E-state index is 10.5. The van der Waals surface area contributed by atoms with Crippen LogP contribution in [0.2, 0.25) is 0 Å². The molecular weight excluding hydrogens is 250 g/mol. The van der Waals surface area contributed by atoms with Crippen molar-refractivity contribution < 1.29 is 9.84 Å². The number of aliphatic hydroxyl groups is 1. The Hall–Kier alpha value is -2.10. The van der Waals surface area contributed by atoms with E-state index in [1.54, 1.807) is 7.11 Å². The second kappa shape index (κ2) is 5.49. The molecule has 102 valence electrons. The molecule has 3 aromatic rings. The van der Waals surface area contributed by atoms with Gasteiger partial charge in [0.15, 0.2) is 0 Å². The lowest BCUT2D eigenvalue weighted by Crippen LogP contribution is -2.00. The molecule has 2 aromatic carbocycles. The highest BCUT2D eigenvalue weighted by Gasteiger charge is 2.11. The van der Waals surface area contributed by atoms with Gasteiger partial charge in [0.05, 0.1) is 6.61 Å². The van der Waals surface area contributed by atoms with Gasteiger partial charge in [0.1, 0.15) is 6.10 Å². The van der Waals surface area contributed by atoms with E-state index in [2.05, 4.69) is 4.98 Å². The van der Waals surface area contributed by atoms with E-state index in [-0.39, 0.29) is 0 Å². The van der Waals surface area contributed by atoms with Crippen LogP contribution in [0.15, 0.2) is 54.7 Å². The molecule has 0 aliphatic rings. The molecule has 2 N–H and O–H groups in total. The second-order valence-corrected chi connectivity index (χ2v) is 4.90. The Labute approximate surface area is 117 Å². The number of benzene rings is 2. The van der Waals surface area contributed by atoms with Gasteiger partial charge in [0.25, 0.3) is 0 Å². The number of aromatic amines is 1. The molecule has 0 aliphatic carbocycles. The van der Waals surface area contributed by atoms with E-state index in [0.717, 1.165) is 27.6 Å². The van der Waals surface area contributed by atoms with Crippen molar-refractivity contribution in [1.82, 2.24) is 4.98 Å². The van der Waals surface area contributed by atoms with E-state index < -0.39 is 6.10 Å². The fourth-order valence-corrected chi connectivity index (χ4v) is 2.45. The maximum atomic E-state index is 10.5. The summed E-state index contributed by atoms with van der Waals surface area (Å²) in [6.45, 7) is 0.553. The first-order valence-electron chi connectivity index (χ1n) is 6.61. The van der Waals surface area contributed by atoms with Crippen LogP contribution in [-0.4, -0.2) is 17.2 Å². The Morgan fingerprint density at radius 2 is 1.95 bits per heavy atom. The number of methoxy groups -OCH3 is 1. The minimum absolute atomic E-state index is 0.553. The third-order valence-electron chi connectivity index (χ3n) is 3.47. The molecule has 0 saturated heterocycles. The summed E-state index contributed by atoms with van der Waals surface area (Å²) in [6.07, 6.45) is 1.28. The van der Waals surface area contributed by atoms with Crippen LogP contribution in [0.25, 0.3) is 10.9 Å². The monoisotopic (exact) mass is 267 g/mol. The van der Waals surface area contributed by atoms with Crippen LogP contribution >= 0.6 is 0 Å². The van der Waals surface area contributed by atoms with Crippen molar-refractivity contribution in [2.75, 3.05) is 7.11 Å². The quantitative estimate of drug-likeness (QED) is 0.761. The van der Waals surface area contributed by atoms with Gasteiger partial charge >= 0.3 is 0 Å². The Morgan fingerprint density at radius 3 is 2.80 bits per heavy atom. The number of hydrogen-bond donors (Lipinski definition) is 2. The molecule has 0 saturated carbocycles. The number of aromatic nitrogens is 1. The highest BCUT2D eigenvalue weighted by atomic mass is 16.5. The van der Waals surface area contributed by atoms with Crippen molar-refractivity contribution in [3.8, 4) is 0 Å². The predicted molar refractivity (Wildman–Crippen MR) is 79.5 cm³/mol. The van der Waals surface area contributed by atoms with Crippen molar-refractivity contribution >= 4 is 10.9 Å². The molecule has 0 bridgehead atoms. The van der Waals surface area contributed by atoms with Crippen LogP contribution in [0.1, 0.15) is 22.8 Å². The molecular formula is C17H17NO2. The number of nitrogens with one attached hydrogen (secondary N) is 1. The molecule has 0 fully saturated rings. The van der Waals surface area contributed by atoms with Crippen molar-refractivity contribution in [2.24, 2.45) is 0 Å². The highest BCUT2D eigenvalue weighted by Crippen LogP contribution is 2.25. The van der Waals surface area contributed by atoms with Gasteiger partial charge in [-0.15, -0.1) is 0 Å². The minimum atomic E-state index is -0.619. The van der Waals surface area contributed by atoms with Crippen molar-refractivity contribution in [2.45, 2.75) is 12.7 Å². The van der Waals surface area contributed by atoms with Crippen molar-refractivity contribution in [3.05, 3.63) is 71.4 Å².